The molecule has 0 unspecified atom stereocenters. The normalized spacial score (nSPS) is 12.0. The molecular formula is C10H24N2. The Morgan fingerprint density at radius 3 is 2.42 bits per heavy atom. The van der Waals surface area contributed by atoms with Crippen LogP contribution in [0, 0.1) is 0 Å². The van der Waals surface area contributed by atoms with Crippen molar-refractivity contribution in [1.29, 1.82) is 0 Å². The second-order valence-electron chi connectivity index (χ2n) is 4.06. The predicted octanol–water partition coefficient (Wildman–Crippen LogP) is 1.89. The van der Waals surface area contributed by atoms with Gasteiger partial charge >= 0.3 is 0 Å². The average Bonchev–Trinajstić information content (AvgIpc) is 1.98. The Hall–Kier alpha value is -0.0800. The zero-order valence-electron chi connectivity index (χ0n) is 8.82. The Balaban J connectivity index is 3.33. The molecule has 0 saturated carbocycles. The first-order valence-corrected chi connectivity index (χ1v) is 5.07. The zero-order chi connectivity index (χ0) is 9.45. The molecule has 2 nitrogen and oxygen atoms in total. The number of nitrogens with one attached hydrogen (secondary N) is 1. The highest BCUT2D eigenvalue weighted by atomic mass is 14.9. The number of nitrogens with two attached hydrogens (primary N) is 1. The molecule has 0 aliphatic rings. The van der Waals surface area contributed by atoms with Crippen LogP contribution in [0.25, 0.3) is 0 Å². The Morgan fingerprint density at radius 2 is 1.92 bits per heavy atom. The average molecular weight is 172 g/mol. The van der Waals surface area contributed by atoms with E-state index in [2.05, 4.69) is 26.1 Å². The number of unbranched alkanes of at least 4 members (excludes halogenated alkanes) is 2. The molecular weight excluding hydrogens is 148 g/mol. The molecule has 3 N–H and O–H groups in total. The van der Waals surface area contributed by atoms with E-state index in [0.29, 0.717) is 0 Å². The SMILES string of the molecule is CCCCCNC(C)(C)CCN. The highest BCUT2D eigenvalue weighted by molar-refractivity contribution is 4.77. The molecule has 0 aliphatic heterocycles. The zero-order valence-corrected chi connectivity index (χ0v) is 8.82. The van der Waals surface area contributed by atoms with E-state index in [1.54, 1.807) is 0 Å². The monoisotopic (exact) mass is 172 g/mol. The van der Waals surface area contributed by atoms with Gasteiger partial charge in [-0.25, -0.2) is 0 Å². The third kappa shape index (κ3) is 6.62. The molecule has 0 fully saturated rings. The topological polar surface area (TPSA) is 38.0 Å². The van der Waals surface area contributed by atoms with Crippen LogP contribution >= 0.6 is 0 Å². The van der Waals surface area contributed by atoms with Crippen molar-refractivity contribution in [3.05, 3.63) is 0 Å². The minimum atomic E-state index is 0.225. The molecule has 0 aromatic carbocycles. The van der Waals surface area contributed by atoms with Crippen LogP contribution in [0.2, 0.25) is 0 Å². The Morgan fingerprint density at radius 1 is 1.25 bits per heavy atom. The van der Waals surface area contributed by atoms with Gasteiger partial charge in [-0.1, -0.05) is 19.8 Å². The maximum atomic E-state index is 5.51. The van der Waals surface area contributed by atoms with Crippen molar-refractivity contribution in [2.24, 2.45) is 5.73 Å². The number of hydrogen-bond acceptors (Lipinski definition) is 2. The highest BCUT2D eigenvalue weighted by Crippen LogP contribution is 2.06. The lowest BCUT2D eigenvalue weighted by atomic mass is 10.0. The summed E-state index contributed by atoms with van der Waals surface area (Å²) >= 11 is 0. The molecule has 0 aliphatic carbocycles. The van der Waals surface area contributed by atoms with Crippen molar-refractivity contribution in [3.63, 3.8) is 0 Å². The van der Waals surface area contributed by atoms with Crippen molar-refractivity contribution in [2.75, 3.05) is 13.1 Å². The van der Waals surface area contributed by atoms with Crippen LogP contribution in [0.3, 0.4) is 0 Å². The van der Waals surface area contributed by atoms with Gasteiger partial charge in [0.25, 0.3) is 0 Å². The van der Waals surface area contributed by atoms with E-state index in [1.807, 2.05) is 0 Å². The molecule has 2 heteroatoms. The Labute approximate surface area is 76.9 Å². The third-order valence-corrected chi connectivity index (χ3v) is 2.15. The first kappa shape index (κ1) is 11.9. The highest BCUT2D eigenvalue weighted by Gasteiger charge is 2.14. The fourth-order valence-electron chi connectivity index (χ4n) is 1.25. The Bertz CT molecular complexity index is 100. The van der Waals surface area contributed by atoms with Gasteiger partial charge in [-0.05, 0) is 39.8 Å². The summed E-state index contributed by atoms with van der Waals surface area (Å²) in [7, 11) is 0. The maximum Gasteiger partial charge on any atom is 0.0137 e. The van der Waals surface area contributed by atoms with Crippen molar-refractivity contribution < 1.29 is 0 Å². The second kappa shape index (κ2) is 6.44. The van der Waals surface area contributed by atoms with Crippen molar-refractivity contribution >= 4 is 0 Å². The maximum absolute atomic E-state index is 5.51. The fourth-order valence-corrected chi connectivity index (χ4v) is 1.25. The van der Waals surface area contributed by atoms with Gasteiger partial charge in [-0.2, -0.15) is 0 Å². The Kier molecular flexibility index (Phi) is 6.39. The molecule has 0 radical (unpaired) electrons. The van der Waals surface area contributed by atoms with E-state index in [4.69, 9.17) is 5.73 Å². The quantitative estimate of drug-likeness (QED) is 0.576. The van der Waals surface area contributed by atoms with Crippen molar-refractivity contribution in [1.82, 2.24) is 5.32 Å². The molecule has 0 atom stereocenters. The summed E-state index contributed by atoms with van der Waals surface area (Å²) in [6.45, 7) is 8.55. The lowest BCUT2D eigenvalue weighted by Gasteiger charge is -2.25. The van der Waals surface area contributed by atoms with Gasteiger partial charge in [-0.3, -0.25) is 0 Å². The standard InChI is InChI=1S/C10H24N2/c1-4-5-6-9-12-10(2,3)7-8-11/h12H,4-9,11H2,1-3H3. The molecule has 12 heavy (non-hydrogen) atoms. The van der Waals surface area contributed by atoms with Gasteiger partial charge in [0, 0.05) is 5.54 Å². The van der Waals surface area contributed by atoms with Gasteiger partial charge in [0.2, 0.25) is 0 Å². The minimum Gasteiger partial charge on any atom is -0.330 e. The second-order valence-corrected chi connectivity index (χ2v) is 4.06. The summed E-state index contributed by atoms with van der Waals surface area (Å²) in [5, 5.41) is 3.51. The molecule has 0 aromatic heterocycles. The van der Waals surface area contributed by atoms with Gasteiger partial charge in [-0.15, -0.1) is 0 Å². The van der Waals surface area contributed by atoms with Crippen LogP contribution < -0.4 is 11.1 Å². The van der Waals surface area contributed by atoms with Crippen LogP contribution in [-0.4, -0.2) is 18.6 Å². The molecule has 0 saturated heterocycles. The van der Waals surface area contributed by atoms with E-state index in [0.717, 1.165) is 19.5 Å². The lowest BCUT2D eigenvalue weighted by Crippen LogP contribution is -2.41. The molecule has 74 valence electrons. The van der Waals surface area contributed by atoms with Crippen LogP contribution in [0.5, 0.6) is 0 Å². The number of rotatable bonds is 7. The summed E-state index contributed by atoms with van der Waals surface area (Å²) in [6.07, 6.45) is 4.95. The van der Waals surface area contributed by atoms with Crippen LogP contribution in [-0.2, 0) is 0 Å². The van der Waals surface area contributed by atoms with Crippen molar-refractivity contribution in [3.8, 4) is 0 Å². The first-order chi connectivity index (χ1) is 5.62. The van der Waals surface area contributed by atoms with E-state index >= 15 is 0 Å². The first-order valence-electron chi connectivity index (χ1n) is 5.07. The lowest BCUT2D eigenvalue weighted by molar-refractivity contribution is 0.363. The van der Waals surface area contributed by atoms with Crippen molar-refractivity contribution in [2.45, 2.75) is 52.0 Å². The van der Waals surface area contributed by atoms with Gasteiger partial charge < -0.3 is 11.1 Å². The minimum absolute atomic E-state index is 0.225. The summed E-state index contributed by atoms with van der Waals surface area (Å²) < 4.78 is 0. The third-order valence-electron chi connectivity index (χ3n) is 2.15. The summed E-state index contributed by atoms with van der Waals surface area (Å²) in [6, 6.07) is 0. The van der Waals surface area contributed by atoms with Crippen LogP contribution in [0.15, 0.2) is 0 Å². The smallest absolute Gasteiger partial charge is 0.0137 e. The van der Waals surface area contributed by atoms with Gasteiger partial charge in [0.05, 0.1) is 0 Å². The predicted molar refractivity (Wildman–Crippen MR) is 55.3 cm³/mol. The molecule has 0 amide bonds. The summed E-state index contributed by atoms with van der Waals surface area (Å²) in [4.78, 5) is 0. The van der Waals surface area contributed by atoms with Gasteiger partial charge in [0.1, 0.15) is 0 Å². The largest absolute Gasteiger partial charge is 0.330 e. The van der Waals surface area contributed by atoms with Crippen LogP contribution in [0.1, 0.15) is 46.5 Å². The van der Waals surface area contributed by atoms with E-state index in [9.17, 15) is 0 Å². The summed E-state index contributed by atoms with van der Waals surface area (Å²) in [5.41, 5.74) is 5.73. The molecule has 0 rings (SSSR count). The molecule has 0 aromatic rings. The van der Waals surface area contributed by atoms with E-state index in [1.165, 1.54) is 19.3 Å². The number of hydrogen-bond donors (Lipinski definition) is 2. The van der Waals surface area contributed by atoms with E-state index < -0.39 is 0 Å². The van der Waals surface area contributed by atoms with Crippen LogP contribution in [0.4, 0.5) is 0 Å². The van der Waals surface area contributed by atoms with E-state index in [-0.39, 0.29) is 5.54 Å². The van der Waals surface area contributed by atoms with Gasteiger partial charge in [0.15, 0.2) is 0 Å². The fraction of sp³-hybridized carbons (Fsp3) is 1.00. The molecule has 0 heterocycles. The summed E-state index contributed by atoms with van der Waals surface area (Å²) in [5.74, 6) is 0. The molecule has 0 bridgehead atoms. The molecule has 0 spiro atoms.